The van der Waals surface area contributed by atoms with Crippen molar-refractivity contribution in [3.8, 4) is 5.75 Å². The zero-order valence-corrected chi connectivity index (χ0v) is 16.7. The molecule has 0 aromatic heterocycles. The van der Waals surface area contributed by atoms with Gasteiger partial charge in [-0.3, -0.25) is 0 Å². The Balaban J connectivity index is 1.73. The van der Waals surface area contributed by atoms with E-state index in [1.165, 1.54) is 18.2 Å². The Bertz CT molecular complexity index is 1020. The van der Waals surface area contributed by atoms with Gasteiger partial charge in [0.05, 0.1) is 5.56 Å². The van der Waals surface area contributed by atoms with Crippen molar-refractivity contribution in [2.75, 3.05) is 0 Å². The Labute approximate surface area is 172 Å². The van der Waals surface area contributed by atoms with Crippen molar-refractivity contribution in [3.63, 3.8) is 0 Å². The summed E-state index contributed by atoms with van der Waals surface area (Å²) in [6.07, 6.45) is 1.97. The minimum Gasteiger partial charge on any atom is -0.429 e. The molecule has 0 saturated carbocycles. The third-order valence-electron chi connectivity index (χ3n) is 5.01. The number of unbranched alkanes of at least 4 members (excludes halogenated alkanes) is 4. The van der Waals surface area contributed by atoms with Gasteiger partial charge in [0.1, 0.15) is 11.6 Å². The molecule has 0 fully saturated rings. The van der Waals surface area contributed by atoms with Crippen molar-refractivity contribution in [3.05, 3.63) is 77.1 Å². The second-order valence-electron chi connectivity index (χ2n) is 7.37. The Morgan fingerprint density at radius 3 is 2.13 bits per heavy atom. The minimum atomic E-state index is -3.92. The summed E-state index contributed by atoms with van der Waals surface area (Å²) in [5.41, 5.74) is -0.214. The highest BCUT2D eigenvalue weighted by molar-refractivity contribution is 5.84. The SMILES string of the molecule is CCCCCCCc1ccc(C(F)(F)Oc2ccc3cc(F)c(F)cc3c2)c(F)c1. The smallest absolute Gasteiger partial charge is 0.429 e. The molecule has 30 heavy (non-hydrogen) atoms. The van der Waals surface area contributed by atoms with Crippen LogP contribution in [-0.2, 0) is 12.5 Å². The standard InChI is InChI=1S/C24H23F5O/c1-2-3-4-5-6-7-16-8-11-20(21(25)12-16)24(28,29)30-19-10-9-17-14-22(26)23(27)15-18(17)13-19/h8-15H,2-7H2,1H3. The number of hydrogen-bond acceptors (Lipinski definition) is 1. The largest absolute Gasteiger partial charge is 0.429 e. The van der Waals surface area contributed by atoms with Gasteiger partial charge in [-0.2, -0.15) is 8.78 Å². The minimum absolute atomic E-state index is 0.195. The molecule has 6 heteroatoms. The van der Waals surface area contributed by atoms with Crippen LogP contribution in [0, 0.1) is 17.5 Å². The number of halogens is 5. The van der Waals surface area contributed by atoms with Crippen LogP contribution in [0.15, 0.2) is 48.5 Å². The van der Waals surface area contributed by atoms with Crippen molar-refractivity contribution < 1.29 is 26.7 Å². The van der Waals surface area contributed by atoms with E-state index in [0.717, 1.165) is 62.4 Å². The first-order valence-corrected chi connectivity index (χ1v) is 10.0. The average molecular weight is 422 g/mol. The highest BCUT2D eigenvalue weighted by Crippen LogP contribution is 2.35. The van der Waals surface area contributed by atoms with Gasteiger partial charge >= 0.3 is 6.11 Å². The molecule has 3 aromatic carbocycles. The fourth-order valence-electron chi connectivity index (χ4n) is 3.37. The van der Waals surface area contributed by atoms with E-state index in [9.17, 15) is 22.0 Å². The predicted molar refractivity (Wildman–Crippen MR) is 107 cm³/mol. The van der Waals surface area contributed by atoms with Gasteiger partial charge in [0.25, 0.3) is 0 Å². The molecule has 0 amide bonds. The van der Waals surface area contributed by atoms with Gasteiger partial charge in [-0.1, -0.05) is 44.7 Å². The lowest BCUT2D eigenvalue weighted by molar-refractivity contribution is -0.187. The molecule has 0 unspecified atom stereocenters. The van der Waals surface area contributed by atoms with Crippen molar-refractivity contribution in [1.82, 2.24) is 0 Å². The summed E-state index contributed by atoms with van der Waals surface area (Å²) >= 11 is 0. The second kappa shape index (κ2) is 9.45. The van der Waals surface area contributed by atoms with E-state index in [0.29, 0.717) is 17.4 Å². The molecular formula is C24H23F5O. The molecule has 0 saturated heterocycles. The number of aryl methyl sites for hydroxylation is 1. The highest BCUT2D eigenvalue weighted by Gasteiger charge is 2.37. The first-order valence-electron chi connectivity index (χ1n) is 10.0. The predicted octanol–water partition coefficient (Wildman–Crippen LogP) is 7.90. The molecule has 0 aliphatic heterocycles. The number of alkyl halides is 2. The van der Waals surface area contributed by atoms with Gasteiger partial charge < -0.3 is 4.74 Å². The summed E-state index contributed by atoms with van der Waals surface area (Å²) in [6, 6.07) is 9.19. The van der Waals surface area contributed by atoms with Gasteiger partial charge in [-0.05, 0) is 65.6 Å². The highest BCUT2D eigenvalue weighted by atomic mass is 19.3. The maximum atomic E-state index is 14.6. The van der Waals surface area contributed by atoms with E-state index in [1.54, 1.807) is 0 Å². The van der Waals surface area contributed by atoms with Gasteiger partial charge in [-0.25, -0.2) is 13.2 Å². The number of benzene rings is 3. The zero-order valence-electron chi connectivity index (χ0n) is 16.7. The number of fused-ring (bicyclic) bond motifs is 1. The molecule has 0 radical (unpaired) electrons. The Hall–Kier alpha value is -2.63. The molecule has 0 spiro atoms. The van der Waals surface area contributed by atoms with E-state index < -0.39 is 29.1 Å². The molecule has 160 valence electrons. The molecule has 1 nitrogen and oxygen atoms in total. The normalized spacial score (nSPS) is 11.8. The van der Waals surface area contributed by atoms with Crippen LogP contribution in [0.4, 0.5) is 22.0 Å². The molecule has 3 aromatic rings. The third-order valence-corrected chi connectivity index (χ3v) is 5.01. The first-order chi connectivity index (χ1) is 14.3. The second-order valence-corrected chi connectivity index (χ2v) is 7.37. The maximum absolute atomic E-state index is 14.6. The van der Waals surface area contributed by atoms with E-state index in [2.05, 4.69) is 6.92 Å². The zero-order chi connectivity index (χ0) is 21.7. The van der Waals surface area contributed by atoms with Gasteiger partial charge in [-0.15, -0.1) is 0 Å². The molecule has 0 heterocycles. The quantitative estimate of drug-likeness (QED) is 0.252. The van der Waals surface area contributed by atoms with Crippen molar-refractivity contribution in [2.24, 2.45) is 0 Å². The lowest BCUT2D eigenvalue weighted by atomic mass is 10.0. The van der Waals surface area contributed by atoms with Crippen LogP contribution in [0.1, 0.15) is 50.2 Å². The van der Waals surface area contributed by atoms with E-state index in [4.69, 9.17) is 4.74 Å². The topological polar surface area (TPSA) is 9.23 Å². The van der Waals surface area contributed by atoms with Crippen LogP contribution >= 0.6 is 0 Å². The van der Waals surface area contributed by atoms with Gasteiger partial charge in [0.15, 0.2) is 11.6 Å². The Morgan fingerprint density at radius 1 is 0.733 bits per heavy atom. The lowest BCUT2D eigenvalue weighted by Crippen LogP contribution is -2.23. The van der Waals surface area contributed by atoms with Crippen LogP contribution in [0.5, 0.6) is 5.75 Å². The fraction of sp³-hybridized carbons (Fsp3) is 0.333. The van der Waals surface area contributed by atoms with Gasteiger partial charge in [0.2, 0.25) is 0 Å². The van der Waals surface area contributed by atoms with Crippen LogP contribution in [0.2, 0.25) is 0 Å². The summed E-state index contributed by atoms with van der Waals surface area (Å²) in [4.78, 5) is 0. The number of ether oxygens (including phenoxy) is 1. The molecule has 0 aliphatic rings. The molecule has 0 N–H and O–H groups in total. The molecular weight excluding hydrogens is 399 g/mol. The Morgan fingerprint density at radius 2 is 1.43 bits per heavy atom. The molecule has 0 aliphatic carbocycles. The van der Waals surface area contributed by atoms with Gasteiger partial charge in [0, 0.05) is 0 Å². The summed E-state index contributed by atoms with van der Waals surface area (Å²) in [5, 5.41) is 0.528. The van der Waals surface area contributed by atoms with E-state index in [1.807, 2.05) is 0 Å². The average Bonchev–Trinajstić information content (AvgIpc) is 2.68. The lowest BCUT2D eigenvalue weighted by Gasteiger charge is -2.19. The van der Waals surface area contributed by atoms with Crippen molar-refractivity contribution >= 4 is 10.8 Å². The maximum Gasteiger partial charge on any atom is 0.429 e. The van der Waals surface area contributed by atoms with Crippen molar-refractivity contribution in [2.45, 2.75) is 51.6 Å². The number of rotatable bonds is 9. The summed E-state index contributed by atoms with van der Waals surface area (Å²) in [6.45, 7) is 2.12. The molecule has 0 atom stereocenters. The monoisotopic (exact) mass is 422 g/mol. The Kier molecular flexibility index (Phi) is 6.95. The first kappa shape index (κ1) is 22.1. The van der Waals surface area contributed by atoms with Crippen LogP contribution in [0.25, 0.3) is 10.8 Å². The van der Waals surface area contributed by atoms with E-state index >= 15 is 0 Å². The summed E-state index contributed by atoms with van der Waals surface area (Å²) < 4.78 is 74.9. The summed E-state index contributed by atoms with van der Waals surface area (Å²) in [7, 11) is 0. The fourth-order valence-corrected chi connectivity index (χ4v) is 3.37. The molecule has 0 bridgehead atoms. The van der Waals surface area contributed by atoms with E-state index in [-0.39, 0.29) is 11.1 Å². The summed E-state index contributed by atoms with van der Waals surface area (Å²) in [5.74, 6) is -3.45. The third kappa shape index (κ3) is 5.29. The van der Waals surface area contributed by atoms with Crippen LogP contribution in [0.3, 0.4) is 0 Å². The van der Waals surface area contributed by atoms with Crippen molar-refractivity contribution in [1.29, 1.82) is 0 Å². The number of hydrogen-bond donors (Lipinski definition) is 0. The van der Waals surface area contributed by atoms with Crippen LogP contribution < -0.4 is 4.74 Å². The molecule has 3 rings (SSSR count). The van der Waals surface area contributed by atoms with Crippen LogP contribution in [-0.4, -0.2) is 0 Å².